The van der Waals surface area contributed by atoms with E-state index in [2.05, 4.69) is 13.0 Å². The van der Waals surface area contributed by atoms with Gasteiger partial charge in [0.25, 0.3) is 0 Å². The van der Waals surface area contributed by atoms with Crippen LogP contribution in [0.1, 0.15) is 29.2 Å². The molecule has 1 aromatic carbocycles. The molecule has 0 saturated heterocycles. The molecule has 0 aromatic heterocycles. The van der Waals surface area contributed by atoms with Gasteiger partial charge >= 0.3 is 0 Å². The molecule has 0 spiro atoms. The van der Waals surface area contributed by atoms with Crippen LogP contribution in [0.4, 0.5) is 5.69 Å². The van der Waals surface area contributed by atoms with Crippen LogP contribution in [0.2, 0.25) is 0 Å². The van der Waals surface area contributed by atoms with Crippen LogP contribution in [-0.4, -0.2) is 0 Å². The topological polar surface area (TPSA) is 52.0 Å². The van der Waals surface area contributed by atoms with Crippen molar-refractivity contribution in [1.82, 2.24) is 0 Å². The summed E-state index contributed by atoms with van der Waals surface area (Å²) in [5.41, 5.74) is 16.5. The van der Waals surface area contributed by atoms with Crippen molar-refractivity contribution < 1.29 is 0 Å². The molecule has 2 rings (SSSR count). The summed E-state index contributed by atoms with van der Waals surface area (Å²) in [6.07, 6.45) is 2.18. The largest absolute Gasteiger partial charge is 0.399 e. The third-order valence-electron chi connectivity index (χ3n) is 2.74. The summed E-state index contributed by atoms with van der Waals surface area (Å²) in [5.74, 6) is 0. The van der Waals surface area contributed by atoms with Gasteiger partial charge in [-0.05, 0) is 42.5 Å². The molecule has 0 fully saturated rings. The molecule has 0 saturated carbocycles. The molecule has 1 aliphatic rings. The van der Waals surface area contributed by atoms with Crippen molar-refractivity contribution in [3.63, 3.8) is 0 Å². The zero-order valence-electron chi connectivity index (χ0n) is 7.30. The van der Waals surface area contributed by atoms with Gasteiger partial charge in [0, 0.05) is 11.7 Å². The highest BCUT2D eigenvalue weighted by atomic mass is 14.7. The van der Waals surface area contributed by atoms with Gasteiger partial charge in [-0.15, -0.1) is 0 Å². The van der Waals surface area contributed by atoms with Gasteiger partial charge in [-0.3, -0.25) is 0 Å². The Bertz CT molecular complexity index is 318. The molecule has 4 N–H and O–H groups in total. The average molecular weight is 162 g/mol. The Morgan fingerprint density at radius 2 is 2.17 bits per heavy atom. The molecular formula is C10H14N2. The molecular weight excluding hydrogens is 148 g/mol. The standard InChI is InChI=1S/C10H14N2/c1-6-8(11)4-2-7-3-5-9(12)10(6)7/h2,4,9H,3,5,11-12H2,1H3. The number of hydrogen-bond acceptors (Lipinski definition) is 2. The number of hydrogen-bond donors (Lipinski definition) is 2. The van der Waals surface area contributed by atoms with Crippen molar-refractivity contribution in [2.75, 3.05) is 5.73 Å². The summed E-state index contributed by atoms with van der Waals surface area (Å²) >= 11 is 0. The summed E-state index contributed by atoms with van der Waals surface area (Å²) in [5, 5.41) is 0. The SMILES string of the molecule is Cc1c(N)ccc2c1C(N)CC2. The van der Waals surface area contributed by atoms with Gasteiger partial charge in [-0.25, -0.2) is 0 Å². The zero-order chi connectivity index (χ0) is 8.72. The normalized spacial score (nSPS) is 21.0. The molecule has 0 heterocycles. The van der Waals surface area contributed by atoms with Crippen LogP contribution >= 0.6 is 0 Å². The Kier molecular flexibility index (Phi) is 1.58. The van der Waals surface area contributed by atoms with Crippen molar-refractivity contribution in [2.24, 2.45) is 5.73 Å². The lowest BCUT2D eigenvalue weighted by atomic mass is 10.0. The lowest BCUT2D eigenvalue weighted by Gasteiger charge is -2.10. The average Bonchev–Trinajstić information content (AvgIpc) is 2.41. The predicted octanol–water partition coefficient (Wildman–Crippen LogP) is 1.52. The fourth-order valence-electron chi connectivity index (χ4n) is 1.99. The van der Waals surface area contributed by atoms with Crippen LogP contribution in [0.3, 0.4) is 0 Å². The Labute approximate surface area is 72.6 Å². The van der Waals surface area contributed by atoms with E-state index in [4.69, 9.17) is 11.5 Å². The number of nitrogen functional groups attached to an aromatic ring is 1. The van der Waals surface area contributed by atoms with Crippen LogP contribution in [0.5, 0.6) is 0 Å². The molecule has 1 aromatic rings. The Balaban J connectivity index is 2.63. The van der Waals surface area contributed by atoms with Gasteiger partial charge in [0.2, 0.25) is 0 Å². The summed E-state index contributed by atoms with van der Waals surface area (Å²) in [7, 11) is 0. The van der Waals surface area contributed by atoms with E-state index in [9.17, 15) is 0 Å². The van der Waals surface area contributed by atoms with Crippen LogP contribution in [-0.2, 0) is 6.42 Å². The van der Waals surface area contributed by atoms with E-state index in [0.29, 0.717) is 0 Å². The maximum Gasteiger partial charge on any atom is 0.0347 e. The number of nitrogens with two attached hydrogens (primary N) is 2. The number of rotatable bonds is 0. The van der Waals surface area contributed by atoms with Crippen LogP contribution in [0.25, 0.3) is 0 Å². The minimum Gasteiger partial charge on any atom is -0.399 e. The van der Waals surface area contributed by atoms with Crippen LogP contribution in [0.15, 0.2) is 12.1 Å². The quantitative estimate of drug-likeness (QED) is 0.568. The monoisotopic (exact) mass is 162 g/mol. The first-order chi connectivity index (χ1) is 5.70. The van der Waals surface area contributed by atoms with Crippen molar-refractivity contribution in [2.45, 2.75) is 25.8 Å². The minimum absolute atomic E-state index is 0.212. The lowest BCUT2D eigenvalue weighted by Crippen LogP contribution is -2.08. The second-order valence-corrected chi connectivity index (χ2v) is 3.50. The van der Waals surface area contributed by atoms with Crippen LogP contribution in [0, 0.1) is 6.92 Å². The van der Waals surface area contributed by atoms with Gasteiger partial charge in [-0.2, -0.15) is 0 Å². The maximum atomic E-state index is 5.96. The predicted molar refractivity (Wildman–Crippen MR) is 50.8 cm³/mol. The van der Waals surface area contributed by atoms with Crippen molar-refractivity contribution in [3.8, 4) is 0 Å². The maximum absolute atomic E-state index is 5.96. The van der Waals surface area contributed by atoms with E-state index in [1.165, 1.54) is 16.7 Å². The number of benzene rings is 1. The Morgan fingerprint density at radius 3 is 2.92 bits per heavy atom. The molecule has 0 radical (unpaired) electrons. The molecule has 1 atom stereocenters. The van der Waals surface area contributed by atoms with Gasteiger partial charge in [0.05, 0.1) is 0 Å². The molecule has 2 heteroatoms. The molecule has 1 unspecified atom stereocenters. The zero-order valence-corrected chi connectivity index (χ0v) is 7.30. The smallest absolute Gasteiger partial charge is 0.0347 e. The van der Waals surface area contributed by atoms with E-state index in [0.717, 1.165) is 18.5 Å². The fraction of sp³-hybridized carbons (Fsp3) is 0.400. The Morgan fingerprint density at radius 1 is 1.42 bits per heavy atom. The first-order valence-corrected chi connectivity index (χ1v) is 4.33. The molecule has 1 aliphatic carbocycles. The summed E-state index contributed by atoms with van der Waals surface area (Å²) < 4.78 is 0. The number of aryl methyl sites for hydroxylation is 1. The van der Waals surface area contributed by atoms with Crippen molar-refractivity contribution in [1.29, 1.82) is 0 Å². The second kappa shape index (κ2) is 2.49. The van der Waals surface area contributed by atoms with Crippen LogP contribution < -0.4 is 11.5 Å². The number of fused-ring (bicyclic) bond motifs is 1. The van der Waals surface area contributed by atoms with E-state index in [1.54, 1.807) is 0 Å². The third-order valence-corrected chi connectivity index (χ3v) is 2.74. The molecule has 0 aliphatic heterocycles. The number of anilines is 1. The first kappa shape index (κ1) is 7.62. The van der Waals surface area contributed by atoms with Crippen molar-refractivity contribution >= 4 is 5.69 Å². The van der Waals surface area contributed by atoms with Gasteiger partial charge in [0.15, 0.2) is 0 Å². The van der Waals surface area contributed by atoms with Gasteiger partial charge < -0.3 is 11.5 Å². The molecule has 0 bridgehead atoms. The van der Waals surface area contributed by atoms with Gasteiger partial charge in [0.1, 0.15) is 0 Å². The summed E-state index contributed by atoms with van der Waals surface area (Å²) in [6.45, 7) is 2.05. The molecule has 0 amide bonds. The lowest BCUT2D eigenvalue weighted by molar-refractivity contribution is 0.710. The molecule has 12 heavy (non-hydrogen) atoms. The van der Waals surface area contributed by atoms with E-state index in [1.807, 2.05) is 6.07 Å². The van der Waals surface area contributed by atoms with Crippen molar-refractivity contribution in [3.05, 3.63) is 28.8 Å². The molecule has 64 valence electrons. The highest BCUT2D eigenvalue weighted by Gasteiger charge is 2.21. The highest BCUT2D eigenvalue weighted by Crippen LogP contribution is 2.34. The highest BCUT2D eigenvalue weighted by molar-refractivity contribution is 5.55. The Hall–Kier alpha value is -1.02. The molecule has 2 nitrogen and oxygen atoms in total. The fourth-order valence-corrected chi connectivity index (χ4v) is 1.99. The third kappa shape index (κ3) is 0.916. The van der Waals surface area contributed by atoms with E-state index < -0.39 is 0 Å². The summed E-state index contributed by atoms with van der Waals surface area (Å²) in [4.78, 5) is 0. The first-order valence-electron chi connectivity index (χ1n) is 4.33. The van der Waals surface area contributed by atoms with E-state index in [-0.39, 0.29) is 6.04 Å². The van der Waals surface area contributed by atoms with E-state index >= 15 is 0 Å². The van der Waals surface area contributed by atoms with Gasteiger partial charge in [-0.1, -0.05) is 6.07 Å². The summed E-state index contributed by atoms with van der Waals surface area (Å²) in [6, 6.07) is 4.29. The minimum atomic E-state index is 0.212. The second-order valence-electron chi connectivity index (χ2n) is 3.50.